The maximum atomic E-state index is 14.7. The largest absolute Gasteiger partial charge is 0.309 e. The van der Waals surface area contributed by atoms with Crippen molar-refractivity contribution in [2.24, 2.45) is 0 Å². The molecule has 25 heavy (non-hydrogen) atoms. The van der Waals surface area contributed by atoms with E-state index in [0.29, 0.717) is 0 Å². The lowest BCUT2D eigenvalue weighted by Crippen LogP contribution is -2.27. The molecule has 0 bridgehead atoms. The minimum absolute atomic E-state index is 0.876. The summed E-state index contributed by atoms with van der Waals surface area (Å²) in [6, 6.07) is 32.1. The van der Waals surface area contributed by atoms with Crippen LogP contribution in [-0.2, 0) is 4.57 Å². The molecule has 2 heteroatoms. The monoisotopic (exact) mass is 342 g/mol. The number of benzene rings is 4. The molecule has 0 heterocycles. The van der Waals surface area contributed by atoms with Crippen LogP contribution in [0.25, 0.3) is 10.8 Å². The molecule has 0 radical (unpaired) electrons. The zero-order valence-electron chi connectivity index (χ0n) is 14.1. The highest BCUT2D eigenvalue weighted by molar-refractivity contribution is 7.85. The molecule has 0 aliphatic carbocycles. The Kier molecular flexibility index (Phi) is 4.03. The van der Waals surface area contributed by atoms with Gasteiger partial charge in [0, 0.05) is 15.9 Å². The van der Waals surface area contributed by atoms with Gasteiger partial charge in [0.2, 0.25) is 0 Å². The van der Waals surface area contributed by atoms with Crippen LogP contribution in [0.5, 0.6) is 0 Å². The number of hydrogen-bond acceptors (Lipinski definition) is 1. The molecule has 0 unspecified atom stereocenters. The number of aryl methyl sites for hydroxylation is 1. The summed E-state index contributed by atoms with van der Waals surface area (Å²) in [5.74, 6) is 0. The van der Waals surface area contributed by atoms with Gasteiger partial charge in [-0.05, 0) is 23.3 Å². The Bertz CT molecular complexity index is 1080. The smallest absolute Gasteiger partial charge is 0.171 e. The van der Waals surface area contributed by atoms with E-state index in [-0.39, 0.29) is 0 Å². The van der Waals surface area contributed by atoms with Gasteiger partial charge in [0.25, 0.3) is 0 Å². The van der Waals surface area contributed by atoms with Crippen molar-refractivity contribution in [2.75, 3.05) is 0 Å². The Hall–Kier alpha value is -2.63. The summed E-state index contributed by atoms with van der Waals surface area (Å²) in [7, 11) is -2.96. The van der Waals surface area contributed by atoms with Gasteiger partial charge in [0.1, 0.15) is 0 Å². The van der Waals surface area contributed by atoms with Crippen molar-refractivity contribution in [3.05, 3.63) is 103 Å². The molecule has 0 amide bonds. The summed E-state index contributed by atoms with van der Waals surface area (Å²) in [6.07, 6.45) is 0. The number of fused-ring (bicyclic) bond motifs is 1. The van der Waals surface area contributed by atoms with Crippen molar-refractivity contribution in [2.45, 2.75) is 6.92 Å². The molecule has 0 fully saturated rings. The van der Waals surface area contributed by atoms with Crippen molar-refractivity contribution >= 4 is 33.8 Å². The van der Waals surface area contributed by atoms with E-state index < -0.39 is 7.14 Å². The van der Waals surface area contributed by atoms with Crippen LogP contribution in [0.2, 0.25) is 0 Å². The van der Waals surface area contributed by atoms with Gasteiger partial charge in [-0.25, -0.2) is 0 Å². The van der Waals surface area contributed by atoms with Crippen LogP contribution < -0.4 is 15.9 Å². The zero-order chi connectivity index (χ0) is 17.3. The molecule has 0 spiro atoms. The van der Waals surface area contributed by atoms with Crippen LogP contribution in [0.1, 0.15) is 5.56 Å². The third-order valence-electron chi connectivity index (χ3n) is 4.68. The van der Waals surface area contributed by atoms with Gasteiger partial charge in [-0.3, -0.25) is 0 Å². The normalized spacial score (nSPS) is 13.5. The maximum absolute atomic E-state index is 14.7. The third kappa shape index (κ3) is 2.62. The van der Waals surface area contributed by atoms with E-state index in [9.17, 15) is 4.57 Å². The van der Waals surface area contributed by atoms with Crippen molar-refractivity contribution in [1.82, 2.24) is 0 Å². The zero-order valence-corrected chi connectivity index (χ0v) is 15.0. The van der Waals surface area contributed by atoms with Crippen molar-refractivity contribution in [1.29, 1.82) is 0 Å². The van der Waals surface area contributed by atoms with E-state index in [2.05, 4.69) is 18.2 Å². The molecular formula is C23H19OP. The fraction of sp³-hybridized carbons (Fsp3) is 0.0435. The summed E-state index contributed by atoms with van der Waals surface area (Å²) in [5.41, 5.74) is 1.06. The highest BCUT2D eigenvalue weighted by Gasteiger charge is 2.32. The van der Waals surface area contributed by atoms with Gasteiger partial charge in [-0.1, -0.05) is 97.1 Å². The van der Waals surface area contributed by atoms with E-state index >= 15 is 0 Å². The summed E-state index contributed by atoms with van der Waals surface area (Å²) < 4.78 is 14.7. The summed E-state index contributed by atoms with van der Waals surface area (Å²) >= 11 is 0. The number of rotatable bonds is 3. The lowest BCUT2D eigenvalue weighted by molar-refractivity contribution is 0.592. The first-order valence-electron chi connectivity index (χ1n) is 8.41. The minimum atomic E-state index is -2.96. The first kappa shape index (κ1) is 15.9. The highest BCUT2D eigenvalue weighted by Crippen LogP contribution is 2.45. The average molecular weight is 342 g/mol. The quantitative estimate of drug-likeness (QED) is 0.489. The molecule has 0 saturated carbocycles. The third-order valence-corrected chi connectivity index (χ3v) is 7.95. The second-order valence-corrected chi connectivity index (χ2v) is 8.93. The summed E-state index contributed by atoms with van der Waals surface area (Å²) in [5, 5.41) is 4.87. The molecule has 4 aromatic carbocycles. The fourth-order valence-corrected chi connectivity index (χ4v) is 6.56. The van der Waals surface area contributed by atoms with E-state index in [4.69, 9.17) is 0 Å². The Balaban J connectivity index is 2.12. The predicted octanol–water partition coefficient (Wildman–Crippen LogP) is 4.79. The van der Waals surface area contributed by atoms with Crippen LogP contribution >= 0.6 is 7.14 Å². The van der Waals surface area contributed by atoms with Gasteiger partial charge in [-0.15, -0.1) is 0 Å². The minimum Gasteiger partial charge on any atom is -0.309 e. The second kappa shape index (κ2) is 6.35. The van der Waals surface area contributed by atoms with Gasteiger partial charge < -0.3 is 4.57 Å². The van der Waals surface area contributed by atoms with Gasteiger partial charge in [0.05, 0.1) is 0 Å². The molecule has 122 valence electrons. The Morgan fingerprint density at radius 2 is 1.20 bits per heavy atom. The molecule has 0 aromatic heterocycles. The lowest BCUT2D eigenvalue weighted by atomic mass is 10.1. The lowest BCUT2D eigenvalue weighted by Gasteiger charge is -2.23. The van der Waals surface area contributed by atoms with E-state index in [0.717, 1.165) is 32.2 Å². The van der Waals surface area contributed by atoms with Gasteiger partial charge in [0.15, 0.2) is 7.14 Å². The second-order valence-electron chi connectivity index (χ2n) is 6.23. The van der Waals surface area contributed by atoms with Crippen LogP contribution in [0.3, 0.4) is 0 Å². The predicted molar refractivity (Wildman–Crippen MR) is 108 cm³/mol. The standard InChI is InChI=1S/C23H19OP/c1-18-10-5-8-16-22(18)25(24,20-13-3-2-4-14-20)23-17-9-12-19-11-6-7-15-21(19)23/h2-17H,1H3/t25-/m1/s1. The molecule has 0 aliphatic rings. The molecular weight excluding hydrogens is 323 g/mol. The molecule has 4 rings (SSSR count). The summed E-state index contributed by atoms with van der Waals surface area (Å²) in [4.78, 5) is 0. The van der Waals surface area contributed by atoms with Gasteiger partial charge in [-0.2, -0.15) is 0 Å². The van der Waals surface area contributed by atoms with Crippen molar-refractivity contribution in [3.8, 4) is 0 Å². The molecule has 4 aromatic rings. The Morgan fingerprint density at radius 3 is 2.00 bits per heavy atom. The first-order chi connectivity index (χ1) is 12.2. The van der Waals surface area contributed by atoms with E-state index in [1.165, 1.54) is 0 Å². The Labute approximate surface area is 148 Å². The fourth-order valence-electron chi connectivity index (χ4n) is 3.45. The highest BCUT2D eigenvalue weighted by atomic mass is 31.2. The van der Waals surface area contributed by atoms with E-state index in [1.54, 1.807) is 0 Å². The summed E-state index contributed by atoms with van der Waals surface area (Å²) in [6.45, 7) is 2.04. The SMILES string of the molecule is Cc1ccccc1[P@](=O)(c1ccccc1)c1cccc2ccccc12. The van der Waals surface area contributed by atoms with E-state index in [1.807, 2.05) is 85.8 Å². The van der Waals surface area contributed by atoms with Crippen molar-refractivity contribution in [3.63, 3.8) is 0 Å². The molecule has 1 atom stereocenters. The van der Waals surface area contributed by atoms with Gasteiger partial charge >= 0.3 is 0 Å². The maximum Gasteiger partial charge on any atom is 0.171 e. The molecule has 0 aliphatic heterocycles. The van der Waals surface area contributed by atoms with Crippen LogP contribution in [0.4, 0.5) is 0 Å². The topological polar surface area (TPSA) is 17.1 Å². The number of hydrogen-bond donors (Lipinski definition) is 0. The molecule has 0 saturated heterocycles. The average Bonchev–Trinajstić information content (AvgIpc) is 2.68. The van der Waals surface area contributed by atoms with Crippen LogP contribution in [-0.4, -0.2) is 0 Å². The van der Waals surface area contributed by atoms with Crippen molar-refractivity contribution < 1.29 is 4.57 Å². The molecule has 1 nitrogen and oxygen atoms in total. The van der Waals surface area contributed by atoms with Crippen LogP contribution in [0, 0.1) is 6.92 Å². The first-order valence-corrected chi connectivity index (χ1v) is 10.1. The Morgan fingerprint density at radius 1 is 0.600 bits per heavy atom. The van der Waals surface area contributed by atoms with Crippen LogP contribution in [0.15, 0.2) is 97.1 Å². The molecule has 0 N–H and O–H groups in total.